The minimum absolute atomic E-state index is 0.103. The summed E-state index contributed by atoms with van der Waals surface area (Å²) >= 11 is 0. The lowest BCUT2D eigenvalue weighted by molar-refractivity contribution is -0.139. The van der Waals surface area contributed by atoms with Gasteiger partial charge < -0.3 is 14.9 Å². The van der Waals surface area contributed by atoms with Crippen LogP contribution in [0.5, 0.6) is 0 Å². The van der Waals surface area contributed by atoms with Crippen LogP contribution < -0.4 is 9.80 Å². The van der Waals surface area contributed by atoms with Gasteiger partial charge in [0.05, 0.1) is 5.92 Å². The standard InChI is InChI=1S/C20H22N2O3/c1-13-12-17(20(24)25)16-6-4-5-7-18(16)22(13)19(23)14-8-10-15(11-9-14)21(2)3/h4-11,13,17H,12H2,1-3H3,(H,24,25)/t13-,17?/m0/s1. The molecule has 5 heteroatoms. The number of anilines is 2. The Hall–Kier alpha value is -2.82. The van der Waals surface area contributed by atoms with Crippen LogP contribution in [0.1, 0.15) is 35.2 Å². The maximum absolute atomic E-state index is 13.1. The molecule has 0 saturated heterocycles. The molecule has 25 heavy (non-hydrogen) atoms. The highest BCUT2D eigenvalue weighted by molar-refractivity contribution is 6.08. The molecule has 130 valence electrons. The molecule has 2 aromatic rings. The van der Waals surface area contributed by atoms with Gasteiger partial charge in [0.2, 0.25) is 0 Å². The molecule has 1 heterocycles. The van der Waals surface area contributed by atoms with Gasteiger partial charge in [0, 0.05) is 37.1 Å². The third-order valence-electron chi connectivity index (χ3n) is 4.74. The number of rotatable bonds is 3. The molecule has 0 bridgehead atoms. The molecular weight excluding hydrogens is 316 g/mol. The van der Waals surface area contributed by atoms with Crippen LogP contribution in [0.3, 0.4) is 0 Å². The number of fused-ring (bicyclic) bond motifs is 1. The molecule has 1 aliphatic heterocycles. The molecule has 1 unspecified atom stereocenters. The fourth-order valence-corrected chi connectivity index (χ4v) is 3.40. The van der Waals surface area contributed by atoms with Crippen LogP contribution >= 0.6 is 0 Å². The summed E-state index contributed by atoms with van der Waals surface area (Å²) in [5.41, 5.74) is 3.01. The molecule has 0 spiro atoms. The number of carbonyl (C=O) groups is 2. The molecule has 5 nitrogen and oxygen atoms in total. The molecule has 0 aromatic heterocycles. The Balaban J connectivity index is 1.99. The average Bonchev–Trinajstić information content (AvgIpc) is 2.60. The molecule has 1 aliphatic rings. The second-order valence-corrected chi connectivity index (χ2v) is 6.65. The summed E-state index contributed by atoms with van der Waals surface area (Å²) in [6.07, 6.45) is 0.411. The van der Waals surface area contributed by atoms with E-state index in [0.717, 1.165) is 5.69 Å². The fourth-order valence-electron chi connectivity index (χ4n) is 3.40. The summed E-state index contributed by atoms with van der Waals surface area (Å²) in [4.78, 5) is 28.4. The highest BCUT2D eigenvalue weighted by Crippen LogP contribution is 2.39. The van der Waals surface area contributed by atoms with Gasteiger partial charge in [0.15, 0.2) is 0 Å². The maximum atomic E-state index is 13.1. The third-order valence-corrected chi connectivity index (χ3v) is 4.74. The fraction of sp³-hybridized carbons (Fsp3) is 0.300. The Kier molecular flexibility index (Phi) is 4.49. The van der Waals surface area contributed by atoms with Crippen molar-refractivity contribution in [2.45, 2.75) is 25.3 Å². The zero-order chi connectivity index (χ0) is 18.1. The van der Waals surface area contributed by atoms with Crippen molar-refractivity contribution < 1.29 is 14.7 Å². The number of hydrogen-bond donors (Lipinski definition) is 1. The molecule has 2 atom stereocenters. The van der Waals surface area contributed by atoms with Gasteiger partial charge in [-0.1, -0.05) is 18.2 Å². The molecule has 2 aromatic carbocycles. The SMILES string of the molecule is C[C@H]1CC(C(=O)O)c2ccccc2N1C(=O)c1ccc(N(C)C)cc1. The summed E-state index contributed by atoms with van der Waals surface area (Å²) in [5, 5.41) is 9.52. The zero-order valence-corrected chi connectivity index (χ0v) is 14.6. The zero-order valence-electron chi connectivity index (χ0n) is 14.6. The van der Waals surface area contributed by atoms with Crippen molar-refractivity contribution in [2.24, 2.45) is 0 Å². The van der Waals surface area contributed by atoms with Crippen molar-refractivity contribution >= 4 is 23.3 Å². The van der Waals surface area contributed by atoms with Gasteiger partial charge in [-0.15, -0.1) is 0 Å². The molecule has 1 N–H and O–H groups in total. The third kappa shape index (κ3) is 3.09. The number of benzene rings is 2. The van der Waals surface area contributed by atoms with Crippen molar-refractivity contribution in [2.75, 3.05) is 23.9 Å². The molecule has 0 fully saturated rings. The first-order chi connectivity index (χ1) is 11.9. The Morgan fingerprint density at radius 2 is 1.72 bits per heavy atom. The minimum atomic E-state index is -0.846. The number of hydrogen-bond acceptors (Lipinski definition) is 3. The Morgan fingerprint density at radius 3 is 2.32 bits per heavy atom. The Morgan fingerprint density at radius 1 is 1.08 bits per heavy atom. The quantitative estimate of drug-likeness (QED) is 0.932. The van der Waals surface area contributed by atoms with E-state index in [2.05, 4.69) is 0 Å². The number of carbonyl (C=O) groups excluding carboxylic acids is 1. The van der Waals surface area contributed by atoms with E-state index < -0.39 is 11.9 Å². The number of para-hydroxylation sites is 1. The highest BCUT2D eigenvalue weighted by atomic mass is 16.4. The molecule has 3 rings (SSSR count). The van der Waals surface area contributed by atoms with Crippen molar-refractivity contribution in [1.82, 2.24) is 0 Å². The number of amides is 1. The average molecular weight is 338 g/mol. The first-order valence-corrected chi connectivity index (χ1v) is 8.33. The predicted octanol–water partition coefficient (Wildman–Crippen LogP) is 3.36. The lowest BCUT2D eigenvalue weighted by Crippen LogP contribution is -2.44. The van der Waals surface area contributed by atoms with E-state index in [0.29, 0.717) is 23.2 Å². The van der Waals surface area contributed by atoms with Crippen LogP contribution in [0.15, 0.2) is 48.5 Å². The van der Waals surface area contributed by atoms with Crippen LogP contribution in [0.4, 0.5) is 11.4 Å². The summed E-state index contributed by atoms with van der Waals surface area (Å²) in [7, 11) is 3.90. The van der Waals surface area contributed by atoms with Gasteiger partial charge in [-0.3, -0.25) is 9.59 Å². The van der Waals surface area contributed by atoms with E-state index >= 15 is 0 Å². The summed E-state index contributed by atoms with van der Waals surface area (Å²) in [6, 6.07) is 14.6. The molecule has 0 radical (unpaired) electrons. The van der Waals surface area contributed by atoms with Gasteiger partial charge >= 0.3 is 5.97 Å². The Labute approximate surface area is 147 Å². The lowest BCUT2D eigenvalue weighted by atomic mass is 9.85. The highest BCUT2D eigenvalue weighted by Gasteiger charge is 2.37. The number of aliphatic carboxylic acids is 1. The number of carboxylic acids is 1. The predicted molar refractivity (Wildman–Crippen MR) is 98.5 cm³/mol. The van der Waals surface area contributed by atoms with Crippen LogP contribution in [-0.2, 0) is 4.79 Å². The normalized spacial score (nSPS) is 19.2. The van der Waals surface area contributed by atoms with Crippen LogP contribution in [-0.4, -0.2) is 37.1 Å². The maximum Gasteiger partial charge on any atom is 0.311 e. The van der Waals surface area contributed by atoms with Gasteiger partial charge in [-0.2, -0.15) is 0 Å². The van der Waals surface area contributed by atoms with E-state index in [4.69, 9.17) is 0 Å². The first-order valence-electron chi connectivity index (χ1n) is 8.33. The topological polar surface area (TPSA) is 60.9 Å². The second-order valence-electron chi connectivity index (χ2n) is 6.65. The smallest absolute Gasteiger partial charge is 0.311 e. The molecule has 0 aliphatic carbocycles. The lowest BCUT2D eigenvalue weighted by Gasteiger charge is -2.38. The van der Waals surface area contributed by atoms with E-state index in [9.17, 15) is 14.7 Å². The number of nitrogens with zero attached hydrogens (tertiary/aromatic N) is 2. The van der Waals surface area contributed by atoms with Crippen molar-refractivity contribution in [3.05, 3.63) is 59.7 Å². The summed E-state index contributed by atoms with van der Waals surface area (Å²) < 4.78 is 0. The van der Waals surface area contributed by atoms with Gasteiger partial charge in [-0.05, 0) is 49.2 Å². The van der Waals surface area contributed by atoms with Gasteiger partial charge in [0.1, 0.15) is 0 Å². The minimum Gasteiger partial charge on any atom is -0.481 e. The van der Waals surface area contributed by atoms with Crippen LogP contribution in [0, 0.1) is 0 Å². The van der Waals surface area contributed by atoms with Crippen LogP contribution in [0.25, 0.3) is 0 Å². The van der Waals surface area contributed by atoms with Crippen LogP contribution in [0.2, 0.25) is 0 Å². The van der Waals surface area contributed by atoms with E-state index in [1.807, 2.05) is 68.4 Å². The largest absolute Gasteiger partial charge is 0.481 e. The van der Waals surface area contributed by atoms with Gasteiger partial charge in [0.25, 0.3) is 5.91 Å². The molecular formula is C20H22N2O3. The van der Waals surface area contributed by atoms with E-state index in [1.54, 1.807) is 11.0 Å². The Bertz CT molecular complexity index is 799. The summed E-state index contributed by atoms with van der Waals surface area (Å²) in [5.74, 6) is -1.53. The van der Waals surface area contributed by atoms with Crippen molar-refractivity contribution in [3.63, 3.8) is 0 Å². The molecule has 1 amide bonds. The van der Waals surface area contributed by atoms with E-state index in [-0.39, 0.29) is 11.9 Å². The summed E-state index contributed by atoms with van der Waals surface area (Å²) in [6.45, 7) is 1.90. The van der Waals surface area contributed by atoms with E-state index in [1.165, 1.54) is 0 Å². The second kappa shape index (κ2) is 6.59. The van der Waals surface area contributed by atoms with Crippen molar-refractivity contribution in [1.29, 1.82) is 0 Å². The van der Waals surface area contributed by atoms with Crippen molar-refractivity contribution in [3.8, 4) is 0 Å². The monoisotopic (exact) mass is 338 g/mol. The first kappa shape index (κ1) is 17.0. The molecule has 0 saturated carbocycles. The van der Waals surface area contributed by atoms with Gasteiger partial charge in [-0.25, -0.2) is 0 Å². The number of carboxylic acid groups (broad SMARTS) is 1.